The Morgan fingerprint density at radius 2 is 1.96 bits per heavy atom. The van der Waals surface area contributed by atoms with Crippen molar-refractivity contribution in [3.63, 3.8) is 0 Å². The van der Waals surface area contributed by atoms with Crippen LogP contribution in [0, 0.1) is 0 Å². The summed E-state index contributed by atoms with van der Waals surface area (Å²) in [4.78, 5) is 8.52. The number of aromatic nitrogens is 1. The first-order chi connectivity index (χ1) is 13.7. The normalized spacial score (nSPS) is 13.1. The summed E-state index contributed by atoms with van der Waals surface area (Å²) in [6.45, 7) is 1.18. The molecule has 144 valence electrons. The van der Waals surface area contributed by atoms with Crippen molar-refractivity contribution in [2.45, 2.75) is 12.5 Å². The summed E-state index contributed by atoms with van der Waals surface area (Å²) in [7, 11) is 1.74. The third-order valence-electron chi connectivity index (χ3n) is 4.82. The van der Waals surface area contributed by atoms with Crippen LogP contribution in [-0.2, 0) is 6.42 Å². The van der Waals surface area contributed by atoms with E-state index in [0.717, 1.165) is 23.4 Å². The zero-order valence-electron chi connectivity index (χ0n) is 15.8. The lowest BCUT2D eigenvalue weighted by atomic mass is 10.1. The van der Waals surface area contributed by atoms with E-state index in [-0.39, 0.29) is 0 Å². The summed E-state index contributed by atoms with van der Waals surface area (Å²) in [5, 5.41) is 19.5. The number of fused-ring (bicyclic) bond motifs is 2. The Balaban J connectivity index is 1.29. The monoisotopic (exact) mass is 392 g/mol. The molecule has 4 aromatic rings. The maximum absolute atomic E-state index is 10.5. The zero-order valence-corrected chi connectivity index (χ0v) is 16.6. The second kappa shape index (κ2) is 8.46. The molecule has 1 unspecified atom stereocenters. The second-order valence-corrected chi connectivity index (χ2v) is 7.81. The molecular weight excluding hydrogens is 368 g/mol. The molecule has 0 bridgehead atoms. The fraction of sp³-hybridized carbons (Fsp3) is 0.227. The van der Waals surface area contributed by atoms with Crippen molar-refractivity contribution in [1.29, 1.82) is 0 Å². The predicted octanol–water partition coefficient (Wildman–Crippen LogP) is 3.82. The Hall–Kier alpha value is -2.83. The number of thiophene rings is 1. The number of nitrogens with zero attached hydrogens (tertiary/aromatic N) is 1. The number of benzene rings is 2. The van der Waals surface area contributed by atoms with Gasteiger partial charge in [0, 0.05) is 46.8 Å². The molecule has 0 amide bonds. The van der Waals surface area contributed by atoms with E-state index in [1.165, 1.54) is 21.0 Å². The highest BCUT2D eigenvalue weighted by Crippen LogP contribution is 2.29. The third-order valence-corrected chi connectivity index (χ3v) is 6.04. The van der Waals surface area contributed by atoms with Crippen LogP contribution >= 0.6 is 11.3 Å². The number of guanidine groups is 1. The molecule has 0 aliphatic rings. The van der Waals surface area contributed by atoms with Crippen LogP contribution in [0.25, 0.3) is 21.0 Å². The van der Waals surface area contributed by atoms with Crippen LogP contribution in [0.2, 0.25) is 0 Å². The summed E-state index contributed by atoms with van der Waals surface area (Å²) in [5.41, 5.74) is 2.44. The van der Waals surface area contributed by atoms with Gasteiger partial charge in [0.2, 0.25) is 0 Å². The highest BCUT2D eigenvalue weighted by Gasteiger charge is 2.12. The average Bonchev–Trinajstić information content (AvgIpc) is 3.34. The van der Waals surface area contributed by atoms with Crippen molar-refractivity contribution in [1.82, 2.24) is 15.6 Å². The number of rotatable bonds is 6. The number of aromatic amines is 1. The van der Waals surface area contributed by atoms with E-state index in [2.05, 4.69) is 63.2 Å². The average molecular weight is 393 g/mol. The van der Waals surface area contributed by atoms with Crippen molar-refractivity contribution in [3.8, 4) is 0 Å². The van der Waals surface area contributed by atoms with E-state index >= 15 is 0 Å². The Labute approximate surface area is 168 Å². The standard InChI is InChI=1S/C22H24N4OS/c1-23-22(24-11-10-16-13-25-18-8-4-3-7-17(16)18)26-14-19(27)21-12-15-6-2-5-9-20(15)28-21/h2-9,12-13,19,25,27H,10-11,14H2,1H3,(H2,23,24,26). The number of hydrogen-bond donors (Lipinski definition) is 4. The van der Waals surface area contributed by atoms with Gasteiger partial charge >= 0.3 is 0 Å². The Morgan fingerprint density at radius 3 is 2.82 bits per heavy atom. The molecular formula is C22H24N4OS. The molecule has 0 saturated carbocycles. The number of H-pyrrole nitrogens is 1. The summed E-state index contributed by atoms with van der Waals surface area (Å²) in [6.07, 6.45) is 2.39. The topological polar surface area (TPSA) is 72.4 Å². The molecule has 5 nitrogen and oxygen atoms in total. The Kier molecular flexibility index (Phi) is 5.60. The highest BCUT2D eigenvalue weighted by molar-refractivity contribution is 7.19. The summed E-state index contributed by atoms with van der Waals surface area (Å²) in [6, 6.07) is 18.6. The smallest absolute Gasteiger partial charge is 0.191 e. The van der Waals surface area contributed by atoms with Crippen molar-refractivity contribution < 1.29 is 5.11 Å². The van der Waals surface area contributed by atoms with Gasteiger partial charge in [0.1, 0.15) is 6.10 Å². The Bertz CT molecular complexity index is 1070. The van der Waals surface area contributed by atoms with Crippen LogP contribution in [0.1, 0.15) is 16.5 Å². The molecule has 0 fully saturated rings. The SMILES string of the molecule is CN=C(NCCc1c[nH]c2ccccc12)NCC(O)c1cc2ccccc2s1. The fourth-order valence-electron chi connectivity index (χ4n) is 3.34. The molecule has 28 heavy (non-hydrogen) atoms. The van der Waals surface area contributed by atoms with E-state index in [1.54, 1.807) is 18.4 Å². The largest absolute Gasteiger partial charge is 0.386 e. The number of para-hydroxylation sites is 1. The molecule has 0 spiro atoms. The second-order valence-electron chi connectivity index (χ2n) is 6.69. The quantitative estimate of drug-likeness (QED) is 0.298. The van der Waals surface area contributed by atoms with Gasteiger partial charge in [0.05, 0.1) is 0 Å². The van der Waals surface area contributed by atoms with Gasteiger partial charge in [-0.25, -0.2) is 0 Å². The first-order valence-electron chi connectivity index (χ1n) is 9.40. The molecule has 0 radical (unpaired) electrons. The van der Waals surface area contributed by atoms with Crippen LogP contribution < -0.4 is 10.6 Å². The molecule has 4 rings (SSSR count). The lowest BCUT2D eigenvalue weighted by Crippen LogP contribution is -2.40. The number of aliphatic hydroxyl groups is 1. The lowest BCUT2D eigenvalue weighted by Gasteiger charge is -2.14. The van der Waals surface area contributed by atoms with E-state index in [0.29, 0.717) is 12.5 Å². The lowest BCUT2D eigenvalue weighted by molar-refractivity contribution is 0.184. The van der Waals surface area contributed by atoms with Crippen LogP contribution in [-0.4, -0.2) is 36.2 Å². The van der Waals surface area contributed by atoms with Gasteiger partial charge in [-0.3, -0.25) is 4.99 Å². The molecule has 2 aromatic carbocycles. The van der Waals surface area contributed by atoms with Crippen molar-refractivity contribution in [3.05, 3.63) is 71.2 Å². The van der Waals surface area contributed by atoms with Crippen molar-refractivity contribution >= 4 is 38.3 Å². The summed E-state index contributed by atoms with van der Waals surface area (Å²) >= 11 is 1.63. The zero-order chi connectivity index (χ0) is 19.3. The van der Waals surface area contributed by atoms with Crippen LogP contribution in [0.4, 0.5) is 0 Å². The predicted molar refractivity (Wildman–Crippen MR) is 118 cm³/mol. The van der Waals surface area contributed by atoms with Gasteiger partial charge in [-0.05, 0) is 35.6 Å². The molecule has 6 heteroatoms. The number of hydrogen-bond acceptors (Lipinski definition) is 3. The van der Waals surface area contributed by atoms with E-state index in [9.17, 15) is 5.11 Å². The van der Waals surface area contributed by atoms with Crippen molar-refractivity contribution in [2.75, 3.05) is 20.1 Å². The van der Waals surface area contributed by atoms with Crippen LogP contribution in [0.15, 0.2) is 65.8 Å². The minimum Gasteiger partial charge on any atom is -0.386 e. The summed E-state index contributed by atoms with van der Waals surface area (Å²) in [5.74, 6) is 0.694. The molecule has 2 aromatic heterocycles. The van der Waals surface area contributed by atoms with Gasteiger partial charge in [-0.15, -0.1) is 11.3 Å². The minimum absolute atomic E-state index is 0.416. The minimum atomic E-state index is -0.565. The number of aliphatic imine (C=N–C) groups is 1. The fourth-order valence-corrected chi connectivity index (χ4v) is 4.39. The van der Waals surface area contributed by atoms with E-state index in [1.807, 2.05) is 18.2 Å². The maximum Gasteiger partial charge on any atom is 0.191 e. The van der Waals surface area contributed by atoms with Crippen molar-refractivity contribution in [2.24, 2.45) is 4.99 Å². The molecule has 2 heterocycles. The molecule has 0 aliphatic heterocycles. The first-order valence-corrected chi connectivity index (χ1v) is 10.2. The Morgan fingerprint density at radius 1 is 1.14 bits per heavy atom. The third kappa shape index (κ3) is 4.03. The van der Waals surface area contributed by atoms with Gasteiger partial charge in [-0.2, -0.15) is 0 Å². The van der Waals surface area contributed by atoms with Gasteiger partial charge < -0.3 is 20.7 Å². The van der Waals surface area contributed by atoms with Gasteiger partial charge in [0.15, 0.2) is 5.96 Å². The molecule has 1 atom stereocenters. The molecule has 0 saturated heterocycles. The highest BCUT2D eigenvalue weighted by atomic mass is 32.1. The van der Waals surface area contributed by atoms with E-state index in [4.69, 9.17) is 0 Å². The number of aliphatic hydroxyl groups excluding tert-OH is 1. The van der Waals surface area contributed by atoms with Crippen LogP contribution in [0.5, 0.6) is 0 Å². The maximum atomic E-state index is 10.5. The molecule has 4 N–H and O–H groups in total. The van der Waals surface area contributed by atoms with Crippen LogP contribution in [0.3, 0.4) is 0 Å². The first kappa shape index (κ1) is 18.5. The van der Waals surface area contributed by atoms with Gasteiger partial charge in [0.25, 0.3) is 0 Å². The van der Waals surface area contributed by atoms with Gasteiger partial charge in [-0.1, -0.05) is 36.4 Å². The molecule has 0 aliphatic carbocycles. The summed E-state index contributed by atoms with van der Waals surface area (Å²) < 4.78 is 1.19. The number of nitrogens with one attached hydrogen (secondary N) is 3. The van der Waals surface area contributed by atoms with E-state index < -0.39 is 6.10 Å².